The Morgan fingerprint density at radius 3 is 2.65 bits per heavy atom. The summed E-state index contributed by atoms with van der Waals surface area (Å²) in [6, 6.07) is 14.6. The third-order valence-corrected chi connectivity index (χ3v) is 4.88. The van der Waals surface area contributed by atoms with Crippen molar-refractivity contribution >= 4 is 17.8 Å². The summed E-state index contributed by atoms with van der Waals surface area (Å²) >= 11 is 0. The molecule has 0 atom stereocenters. The van der Waals surface area contributed by atoms with Gasteiger partial charge in [0.05, 0.1) is 32.5 Å². The summed E-state index contributed by atoms with van der Waals surface area (Å²) in [5.41, 5.74) is 13.5. The number of aromatic nitrogens is 2. The molecule has 0 bridgehead atoms. The summed E-state index contributed by atoms with van der Waals surface area (Å²) < 4.78 is 6.44. The fraction of sp³-hybridized carbons (Fsp3) is 0.250. The first-order chi connectivity index (χ1) is 12.7. The van der Waals surface area contributed by atoms with Crippen LogP contribution in [0.25, 0.3) is 16.9 Å². The number of rotatable bonds is 3. The third-order valence-electron chi connectivity index (χ3n) is 4.88. The zero-order valence-corrected chi connectivity index (χ0v) is 15.0. The number of hydrogen-bond acceptors (Lipinski definition) is 1. The van der Waals surface area contributed by atoms with E-state index < -0.39 is 0 Å². The van der Waals surface area contributed by atoms with Crippen LogP contribution in [0.3, 0.4) is 0 Å². The van der Waals surface area contributed by atoms with E-state index in [1.807, 2.05) is 6.07 Å². The average molecular weight is 348 g/mol. The number of aryl methyl sites for hydroxylation is 1. The van der Waals surface area contributed by atoms with Gasteiger partial charge in [-0.05, 0) is 36.6 Å². The van der Waals surface area contributed by atoms with Crippen LogP contribution >= 0.6 is 0 Å². The molecule has 1 aliphatic heterocycles. The molecule has 3 heterocycles. The Morgan fingerprint density at radius 1 is 1.15 bits per heavy atom. The first kappa shape index (κ1) is 16.3. The summed E-state index contributed by atoms with van der Waals surface area (Å²) in [4.78, 5) is 0. The minimum Gasteiger partial charge on any atom is -0.289 e. The molecule has 0 spiro atoms. The molecule has 2 aromatic heterocycles. The highest BCUT2D eigenvalue weighted by molar-refractivity contribution is 5.82. The lowest BCUT2D eigenvalue weighted by Gasteiger charge is -2.00. The molecule has 1 aromatic carbocycles. The van der Waals surface area contributed by atoms with Crippen LogP contribution < -0.4 is 15.6 Å². The quantitative estimate of drug-likeness (QED) is 0.326. The lowest BCUT2D eigenvalue weighted by Crippen LogP contribution is -2.37. The van der Waals surface area contributed by atoms with Crippen molar-refractivity contribution in [2.24, 2.45) is 17.9 Å². The van der Waals surface area contributed by atoms with Crippen LogP contribution in [0.4, 0.5) is 0 Å². The number of benzene rings is 1. The Kier molecular flexibility index (Phi) is 4.39. The molecule has 1 fully saturated rings. The van der Waals surface area contributed by atoms with E-state index >= 15 is 0 Å². The van der Waals surface area contributed by atoms with Gasteiger partial charge in [-0.25, -0.2) is 8.97 Å². The maximum atomic E-state index is 6.01. The molecule has 0 unspecified atom stereocenters. The predicted molar refractivity (Wildman–Crippen MR) is 103 cm³/mol. The Bertz CT molecular complexity index is 973. The number of hydrazone groups is 1. The summed E-state index contributed by atoms with van der Waals surface area (Å²) in [5.74, 6) is 0.628. The number of hydrogen-bond donors (Lipinski definition) is 2. The number of imidazole rings is 1. The minimum absolute atomic E-state index is 0.628. The first-order valence-corrected chi connectivity index (χ1v) is 8.95. The van der Waals surface area contributed by atoms with E-state index in [1.54, 1.807) is 6.21 Å². The normalized spacial score (nSPS) is 14.4. The van der Waals surface area contributed by atoms with Gasteiger partial charge in [-0.2, -0.15) is 5.43 Å². The highest BCUT2D eigenvalue weighted by atomic mass is 15.4. The van der Waals surface area contributed by atoms with Crippen molar-refractivity contribution in [1.29, 1.82) is 0 Å². The molecule has 1 aliphatic rings. The average Bonchev–Trinajstić information content (AvgIpc) is 3.31. The smallest absolute Gasteiger partial charge is 0.289 e. The maximum absolute atomic E-state index is 6.01. The molecule has 26 heavy (non-hydrogen) atoms. The largest absolute Gasteiger partial charge is 0.367 e. The van der Waals surface area contributed by atoms with Crippen molar-refractivity contribution in [3.63, 3.8) is 0 Å². The fourth-order valence-electron chi connectivity index (χ4n) is 3.39. The lowest BCUT2D eigenvalue weighted by atomic mass is 10.1. The predicted octanol–water partition coefficient (Wildman–Crippen LogP) is 1.48. The second kappa shape index (κ2) is 7.00. The topological polar surface area (TPSA) is 62.5 Å². The second-order valence-corrected chi connectivity index (χ2v) is 6.61. The van der Waals surface area contributed by atoms with Crippen molar-refractivity contribution in [3.8, 4) is 11.3 Å². The Hall–Kier alpha value is -3.15. The van der Waals surface area contributed by atoms with Gasteiger partial charge < -0.3 is 0 Å². The zero-order valence-electron chi connectivity index (χ0n) is 15.0. The Morgan fingerprint density at radius 2 is 1.92 bits per heavy atom. The summed E-state index contributed by atoms with van der Waals surface area (Å²) in [6.45, 7) is 2.01. The van der Waals surface area contributed by atoms with Crippen LogP contribution in [0.1, 0.15) is 18.4 Å². The van der Waals surface area contributed by atoms with Gasteiger partial charge in [-0.15, -0.1) is 5.10 Å². The van der Waals surface area contributed by atoms with Crippen molar-refractivity contribution in [2.75, 3.05) is 13.1 Å². The van der Waals surface area contributed by atoms with E-state index in [9.17, 15) is 0 Å². The van der Waals surface area contributed by atoms with Gasteiger partial charge in [-0.1, -0.05) is 18.2 Å². The highest BCUT2D eigenvalue weighted by Crippen LogP contribution is 2.19. The standard InChI is InChI=1S/C20H23N6/c1-24-18(15-26-13-3-2-6-19(24)26)17-9-7-16(8-10-17)14-22-23-20(21)25-11-4-5-12-25/h2-3,6-10,13-15H,4-5,11-12H2,1H3,(H2,21,23)/q+1/p+1/b22-14-. The number of fused-ring (bicyclic) bond motifs is 1. The molecule has 132 valence electrons. The van der Waals surface area contributed by atoms with Gasteiger partial charge >= 0.3 is 5.96 Å². The monoisotopic (exact) mass is 348 g/mol. The van der Waals surface area contributed by atoms with Gasteiger partial charge in [0, 0.05) is 11.6 Å². The molecule has 6 heteroatoms. The van der Waals surface area contributed by atoms with Crippen LogP contribution in [0, 0.1) is 0 Å². The number of nitrogens with two attached hydrogens (primary N) is 1. The van der Waals surface area contributed by atoms with Crippen LogP contribution in [0.15, 0.2) is 60.0 Å². The molecule has 0 amide bonds. The Balaban J connectivity index is 1.50. The van der Waals surface area contributed by atoms with E-state index in [1.165, 1.54) is 24.1 Å². The van der Waals surface area contributed by atoms with Crippen molar-refractivity contribution in [2.45, 2.75) is 12.8 Å². The molecule has 3 aromatic rings. The van der Waals surface area contributed by atoms with Gasteiger partial charge in [-0.3, -0.25) is 10.3 Å². The molecule has 0 aliphatic carbocycles. The van der Waals surface area contributed by atoms with Crippen LogP contribution in [0.2, 0.25) is 0 Å². The van der Waals surface area contributed by atoms with Gasteiger partial charge in [0.1, 0.15) is 6.20 Å². The lowest BCUT2D eigenvalue weighted by molar-refractivity contribution is -0.510. The van der Waals surface area contributed by atoms with E-state index in [0.29, 0.717) is 5.96 Å². The van der Waals surface area contributed by atoms with E-state index in [4.69, 9.17) is 5.73 Å². The van der Waals surface area contributed by atoms with Gasteiger partial charge in [0.15, 0.2) is 5.69 Å². The third kappa shape index (κ3) is 3.18. The zero-order chi connectivity index (χ0) is 17.9. The van der Waals surface area contributed by atoms with Crippen LogP contribution in [0.5, 0.6) is 0 Å². The van der Waals surface area contributed by atoms with Crippen LogP contribution in [-0.4, -0.2) is 34.4 Å². The fourth-order valence-corrected chi connectivity index (χ4v) is 3.39. The summed E-state index contributed by atoms with van der Waals surface area (Å²) in [7, 11) is 2.08. The van der Waals surface area contributed by atoms with Gasteiger partial charge in [0.2, 0.25) is 0 Å². The van der Waals surface area contributed by atoms with Crippen molar-refractivity contribution < 1.29 is 8.98 Å². The van der Waals surface area contributed by atoms with Crippen molar-refractivity contribution in [3.05, 3.63) is 60.4 Å². The number of guanidine groups is 1. The van der Waals surface area contributed by atoms with Gasteiger partial charge in [0.25, 0.3) is 5.65 Å². The summed E-state index contributed by atoms with van der Waals surface area (Å²) in [6.07, 6.45) is 8.39. The highest BCUT2D eigenvalue weighted by Gasteiger charge is 2.15. The minimum atomic E-state index is 0.628. The molecular weight excluding hydrogens is 324 g/mol. The SMILES string of the molecule is Cn1c(-c2ccc(/C=N\NC(N)=[N+]3CCCC3)cc2)c[n+]2ccccc12. The molecule has 0 saturated carbocycles. The van der Waals surface area contributed by atoms with E-state index in [0.717, 1.165) is 24.3 Å². The van der Waals surface area contributed by atoms with Crippen LogP contribution in [-0.2, 0) is 7.05 Å². The molecule has 1 saturated heterocycles. The van der Waals surface area contributed by atoms with Crippen molar-refractivity contribution in [1.82, 2.24) is 9.99 Å². The first-order valence-electron chi connectivity index (χ1n) is 8.95. The van der Waals surface area contributed by atoms with E-state index in [-0.39, 0.29) is 0 Å². The van der Waals surface area contributed by atoms with E-state index in [2.05, 4.69) is 79.9 Å². The summed E-state index contributed by atoms with van der Waals surface area (Å²) in [5, 5.41) is 4.25. The number of pyridine rings is 1. The Labute approximate surface area is 152 Å². The molecule has 3 N–H and O–H groups in total. The second-order valence-electron chi connectivity index (χ2n) is 6.61. The number of nitrogens with zero attached hydrogens (tertiary/aromatic N) is 4. The molecule has 4 rings (SSSR count). The number of nitrogens with one attached hydrogen (secondary N) is 1. The molecule has 0 radical (unpaired) electrons. The molecule has 6 nitrogen and oxygen atoms in total. The maximum Gasteiger partial charge on any atom is 0.367 e. The molecular formula is C20H24N6+2.